The van der Waals surface area contributed by atoms with Crippen LogP contribution in [-0.4, -0.2) is 35.9 Å². The average Bonchev–Trinajstić information content (AvgIpc) is 2.89. The summed E-state index contributed by atoms with van der Waals surface area (Å²) in [6.45, 7) is 4.70. The zero-order valence-electron chi connectivity index (χ0n) is 14.6. The quantitative estimate of drug-likeness (QED) is 0.604. The van der Waals surface area contributed by atoms with Crippen molar-refractivity contribution in [3.63, 3.8) is 0 Å². The molecule has 0 spiro atoms. The summed E-state index contributed by atoms with van der Waals surface area (Å²) in [5.74, 6) is -1.80. The number of methoxy groups -OCH3 is 1. The van der Waals surface area contributed by atoms with E-state index in [1.165, 1.54) is 32.2 Å². The van der Waals surface area contributed by atoms with Gasteiger partial charge in [-0.25, -0.2) is 9.59 Å². The van der Waals surface area contributed by atoms with Crippen molar-refractivity contribution in [1.82, 2.24) is 4.98 Å². The molecule has 26 heavy (non-hydrogen) atoms. The molecule has 0 saturated carbocycles. The van der Waals surface area contributed by atoms with Crippen LogP contribution in [0.25, 0.3) is 0 Å². The van der Waals surface area contributed by atoms with Crippen LogP contribution in [0.3, 0.4) is 0 Å². The summed E-state index contributed by atoms with van der Waals surface area (Å²) < 4.78 is 9.93. The Morgan fingerprint density at radius 2 is 1.77 bits per heavy atom. The van der Waals surface area contributed by atoms with Gasteiger partial charge in [-0.1, -0.05) is 23.2 Å². The highest BCUT2D eigenvalue weighted by molar-refractivity contribution is 6.35. The number of H-pyrrole nitrogens is 1. The van der Waals surface area contributed by atoms with Gasteiger partial charge < -0.3 is 14.5 Å². The fourth-order valence-electron chi connectivity index (χ4n) is 2.54. The van der Waals surface area contributed by atoms with Crippen LogP contribution in [0.2, 0.25) is 10.0 Å². The molecular weight excluding hydrogens is 381 g/mol. The minimum absolute atomic E-state index is 0.0634. The van der Waals surface area contributed by atoms with Gasteiger partial charge in [-0.05, 0) is 44.5 Å². The molecule has 0 bridgehead atoms. The number of esters is 2. The number of halogens is 2. The zero-order valence-corrected chi connectivity index (χ0v) is 16.1. The number of Topliss-reactive ketones (excluding diaryl/α,β-unsaturated/α-hetero) is 1. The molecule has 0 radical (unpaired) electrons. The highest BCUT2D eigenvalue weighted by Crippen LogP contribution is 2.24. The lowest BCUT2D eigenvalue weighted by Gasteiger charge is -2.13. The molecule has 1 aromatic heterocycles. The van der Waals surface area contributed by atoms with E-state index in [0.29, 0.717) is 16.3 Å². The van der Waals surface area contributed by atoms with Crippen LogP contribution in [0.5, 0.6) is 0 Å². The summed E-state index contributed by atoms with van der Waals surface area (Å²) in [6, 6.07) is 4.37. The predicted octanol–water partition coefficient (Wildman–Crippen LogP) is 4.15. The third-order valence-electron chi connectivity index (χ3n) is 3.87. The maximum absolute atomic E-state index is 12.6. The van der Waals surface area contributed by atoms with E-state index in [-0.39, 0.29) is 21.8 Å². The van der Waals surface area contributed by atoms with Gasteiger partial charge >= 0.3 is 11.9 Å². The molecule has 1 heterocycles. The highest BCUT2D eigenvalue weighted by Gasteiger charge is 2.28. The molecule has 8 heteroatoms. The lowest BCUT2D eigenvalue weighted by atomic mass is 10.1. The lowest BCUT2D eigenvalue weighted by molar-refractivity contribution is 0.0317. The molecule has 138 valence electrons. The molecule has 0 aliphatic heterocycles. The number of carbonyl (C=O) groups is 3. The molecule has 0 aliphatic carbocycles. The second kappa shape index (κ2) is 7.93. The maximum Gasteiger partial charge on any atom is 0.340 e. The first kappa shape index (κ1) is 20.0. The largest absolute Gasteiger partial charge is 0.465 e. The number of rotatable bonds is 5. The molecule has 2 rings (SSSR count). The number of aromatic nitrogens is 1. The first-order valence-electron chi connectivity index (χ1n) is 7.65. The molecule has 0 amide bonds. The van der Waals surface area contributed by atoms with Crippen molar-refractivity contribution in [2.45, 2.75) is 26.9 Å². The summed E-state index contributed by atoms with van der Waals surface area (Å²) in [4.78, 5) is 39.6. The molecule has 0 saturated heterocycles. The van der Waals surface area contributed by atoms with Gasteiger partial charge in [-0.2, -0.15) is 0 Å². The fourth-order valence-corrected chi connectivity index (χ4v) is 2.91. The number of hydrogen-bond acceptors (Lipinski definition) is 5. The van der Waals surface area contributed by atoms with Crippen LogP contribution >= 0.6 is 23.2 Å². The van der Waals surface area contributed by atoms with Crippen LogP contribution in [0, 0.1) is 13.8 Å². The number of ether oxygens (including phenoxy) is 2. The molecule has 0 unspecified atom stereocenters. The van der Waals surface area contributed by atoms with E-state index in [4.69, 9.17) is 32.7 Å². The zero-order chi connectivity index (χ0) is 19.6. The SMILES string of the molecule is COC(=O)c1c(C)[nH]c(C(=O)[C@@H](C)OC(=O)c2cc(Cl)ccc2Cl)c1C. The van der Waals surface area contributed by atoms with E-state index >= 15 is 0 Å². The van der Waals surface area contributed by atoms with E-state index in [2.05, 4.69) is 4.98 Å². The molecule has 1 N–H and O–H groups in total. The Hall–Kier alpha value is -2.31. The third-order valence-corrected chi connectivity index (χ3v) is 4.44. The normalized spacial score (nSPS) is 11.8. The van der Waals surface area contributed by atoms with Gasteiger partial charge in [0.1, 0.15) is 0 Å². The standard InChI is InChI=1S/C18H17Cl2NO5/c1-8-14(18(24)25-4)9(2)21-15(8)16(22)10(3)26-17(23)12-7-11(19)5-6-13(12)20/h5-7,10,21H,1-4H3/t10-/m1/s1. The Morgan fingerprint density at radius 3 is 2.38 bits per heavy atom. The number of aromatic amines is 1. The molecule has 2 aromatic rings. The maximum atomic E-state index is 12.6. The number of aryl methyl sites for hydroxylation is 1. The number of ketones is 1. The topological polar surface area (TPSA) is 85.5 Å². The van der Waals surface area contributed by atoms with Gasteiger partial charge in [0.15, 0.2) is 6.10 Å². The number of nitrogens with one attached hydrogen (secondary N) is 1. The van der Waals surface area contributed by atoms with Crippen molar-refractivity contribution in [3.8, 4) is 0 Å². The fraction of sp³-hybridized carbons (Fsp3) is 0.278. The van der Waals surface area contributed by atoms with Gasteiger partial charge in [0, 0.05) is 10.7 Å². The smallest absolute Gasteiger partial charge is 0.340 e. The molecule has 1 atom stereocenters. The van der Waals surface area contributed by atoms with Crippen LogP contribution < -0.4 is 0 Å². The Labute approximate surface area is 160 Å². The minimum Gasteiger partial charge on any atom is -0.465 e. The molecule has 0 aliphatic rings. The first-order valence-corrected chi connectivity index (χ1v) is 8.40. The average molecular weight is 398 g/mol. The lowest BCUT2D eigenvalue weighted by Crippen LogP contribution is -2.25. The van der Waals surface area contributed by atoms with E-state index in [1.807, 2.05) is 0 Å². The van der Waals surface area contributed by atoms with Gasteiger partial charge in [0.05, 0.1) is 29.0 Å². The van der Waals surface area contributed by atoms with Gasteiger partial charge in [0.25, 0.3) is 0 Å². The van der Waals surface area contributed by atoms with E-state index in [9.17, 15) is 14.4 Å². The van der Waals surface area contributed by atoms with Crippen molar-refractivity contribution in [1.29, 1.82) is 0 Å². The molecule has 1 aromatic carbocycles. The van der Waals surface area contributed by atoms with Crippen molar-refractivity contribution in [2.75, 3.05) is 7.11 Å². The summed E-state index contributed by atoms with van der Waals surface area (Å²) in [5.41, 5.74) is 1.46. The van der Waals surface area contributed by atoms with E-state index in [0.717, 1.165) is 0 Å². The molecular formula is C18H17Cl2NO5. The summed E-state index contributed by atoms with van der Waals surface area (Å²) in [6.07, 6.45) is -1.10. The summed E-state index contributed by atoms with van der Waals surface area (Å²) >= 11 is 11.8. The number of carbonyl (C=O) groups excluding carboxylic acids is 3. The number of benzene rings is 1. The van der Waals surface area contributed by atoms with Gasteiger partial charge in [-0.3, -0.25) is 4.79 Å². The van der Waals surface area contributed by atoms with Crippen molar-refractivity contribution < 1.29 is 23.9 Å². The molecule has 6 nitrogen and oxygen atoms in total. The van der Waals surface area contributed by atoms with Crippen molar-refractivity contribution in [3.05, 3.63) is 56.3 Å². The Balaban J connectivity index is 2.24. The van der Waals surface area contributed by atoms with Crippen LogP contribution in [0.15, 0.2) is 18.2 Å². The predicted molar refractivity (Wildman–Crippen MR) is 97.3 cm³/mol. The summed E-state index contributed by atoms with van der Waals surface area (Å²) in [7, 11) is 1.26. The van der Waals surface area contributed by atoms with Crippen molar-refractivity contribution >= 4 is 40.9 Å². The Morgan fingerprint density at radius 1 is 1.12 bits per heavy atom. The monoisotopic (exact) mass is 397 g/mol. The van der Waals surface area contributed by atoms with Gasteiger partial charge in [0.2, 0.25) is 5.78 Å². The Kier molecular flexibility index (Phi) is 6.10. The Bertz CT molecular complexity index is 888. The van der Waals surface area contributed by atoms with Crippen molar-refractivity contribution in [2.24, 2.45) is 0 Å². The second-order valence-electron chi connectivity index (χ2n) is 5.65. The number of hydrogen-bond donors (Lipinski definition) is 1. The van der Waals surface area contributed by atoms with E-state index < -0.39 is 23.8 Å². The van der Waals surface area contributed by atoms with Gasteiger partial charge in [-0.15, -0.1) is 0 Å². The van der Waals surface area contributed by atoms with E-state index in [1.54, 1.807) is 13.8 Å². The molecule has 0 fully saturated rings. The highest BCUT2D eigenvalue weighted by atomic mass is 35.5. The third kappa shape index (κ3) is 3.92. The van der Waals surface area contributed by atoms with Crippen LogP contribution in [0.4, 0.5) is 0 Å². The summed E-state index contributed by atoms with van der Waals surface area (Å²) in [5, 5.41) is 0.484. The minimum atomic E-state index is -1.10. The second-order valence-corrected chi connectivity index (χ2v) is 6.50. The van der Waals surface area contributed by atoms with Crippen LogP contribution in [-0.2, 0) is 9.47 Å². The van der Waals surface area contributed by atoms with Crippen LogP contribution in [0.1, 0.15) is 49.4 Å². The first-order chi connectivity index (χ1) is 12.2.